The van der Waals surface area contributed by atoms with Crippen molar-refractivity contribution in [3.8, 4) is 6.07 Å². The van der Waals surface area contributed by atoms with Gasteiger partial charge in [-0.3, -0.25) is 9.78 Å². The Labute approximate surface area is 188 Å². The van der Waals surface area contributed by atoms with Crippen LogP contribution in [0.3, 0.4) is 0 Å². The molecule has 0 spiro atoms. The van der Waals surface area contributed by atoms with Gasteiger partial charge in [-0.25, -0.2) is 9.97 Å². The number of amides is 1. The number of hydrogen-bond donors (Lipinski definition) is 1. The van der Waals surface area contributed by atoms with Gasteiger partial charge >= 0.3 is 6.18 Å². The van der Waals surface area contributed by atoms with Crippen molar-refractivity contribution in [2.24, 2.45) is 5.41 Å². The number of pyridine rings is 1. The topological polar surface area (TPSA) is 94.8 Å². The number of hydrogen-bond acceptors (Lipinski definition) is 6. The molecule has 0 aliphatic carbocycles. The van der Waals surface area contributed by atoms with Crippen LogP contribution < -0.4 is 5.32 Å². The van der Waals surface area contributed by atoms with Gasteiger partial charge in [-0.05, 0) is 37.1 Å². The third-order valence-electron chi connectivity index (χ3n) is 5.94. The molecule has 0 saturated carbocycles. The second-order valence-electron chi connectivity index (χ2n) is 8.06. The van der Waals surface area contributed by atoms with Gasteiger partial charge < -0.3 is 10.2 Å². The Balaban J connectivity index is 1.47. The molecule has 0 unspecified atom stereocenters. The number of nitrogens with zero attached hydrogens (tertiary/aromatic N) is 5. The van der Waals surface area contributed by atoms with Gasteiger partial charge in [0.25, 0.3) is 5.91 Å². The molecule has 7 nitrogen and oxygen atoms in total. The number of rotatable bonds is 4. The van der Waals surface area contributed by atoms with E-state index in [2.05, 4.69) is 26.3 Å². The van der Waals surface area contributed by atoms with Crippen LogP contribution >= 0.6 is 0 Å². The number of nitrogens with one attached hydrogen (secondary N) is 1. The Morgan fingerprint density at radius 3 is 2.61 bits per heavy atom. The predicted octanol–water partition coefficient (Wildman–Crippen LogP) is 3.14. The lowest BCUT2D eigenvalue weighted by atomic mass is 9.76. The summed E-state index contributed by atoms with van der Waals surface area (Å²) in [7, 11) is 0. The Morgan fingerprint density at radius 1 is 1.21 bits per heavy atom. The molecule has 1 N–H and O–H groups in total. The van der Waals surface area contributed by atoms with E-state index in [-0.39, 0.29) is 12.3 Å². The van der Waals surface area contributed by atoms with E-state index in [0.717, 1.165) is 12.3 Å². The quantitative estimate of drug-likeness (QED) is 0.763. The molecular weight excluding hydrogens is 433 g/mol. The number of alkyl halides is 3. The fraction of sp³-hybridized carbons (Fsp3) is 0.348. The fourth-order valence-electron chi connectivity index (χ4n) is 4.04. The highest BCUT2D eigenvalue weighted by Crippen LogP contribution is 2.36. The standard InChI is InChI=1S/C23H21F3N6O/c24-23(25,26)16-3-4-17(30-13-16)12-22(14-27)6-10-32(11-7-22)21(33)18-2-1-8-29-20(18)19-5-9-28-15-31-19/h1-5,9,13,15,29H,6-8,10-12H2. The zero-order valence-corrected chi connectivity index (χ0v) is 17.6. The van der Waals surface area contributed by atoms with Crippen LogP contribution in [0.5, 0.6) is 0 Å². The molecule has 33 heavy (non-hydrogen) atoms. The highest BCUT2D eigenvalue weighted by Gasteiger charge is 2.38. The summed E-state index contributed by atoms with van der Waals surface area (Å²) in [4.78, 5) is 27.0. The number of carbonyl (C=O) groups is 1. The van der Waals surface area contributed by atoms with Crippen molar-refractivity contribution in [2.75, 3.05) is 19.6 Å². The number of aromatic nitrogens is 3. The third kappa shape index (κ3) is 4.87. The Bertz CT molecular complexity index is 1110. The van der Waals surface area contributed by atoms with Crippen LogP contribution in [0.25, 0.3) is 5.70 Å². The van der Waals surface area contributed by atoms with Crippen molar-refractivity contribution >= 4 is 11.6 Å². The Kier molecular flexibility index (Phi) is 6.14. The first kappa shape index (κ1) is 22.5. The number of piperidine rings is 1. The van der Waals surface area contributed by atoms with E-state index >= 15 is 0 Å². The highest BCUT2D eigenvalue weighted by atomic mass is 19.4. The second kappa shape index (κ2) is 9.02. The largest absolute Gasteiger partial charge is 0.417 e. The summed E-state index contributed by atoms with van der Waals surface area (Å²) in [6.07, 6.45) is 4.05. The van der Waals surface area contributed by atoms with Crippen LogP contribution in [0.4, 0.5) is 13.2 Å². The molecule has 2 aliphatic heterocycles. The SMILES string of the molecule is N#CC1(Cc2ccc(C(F)(F)F)cn2)CCN(C(=O)C2=C(c3ccncn3)NCC=C2)CC1. The minimum Gasteiger partial charge on any atom is -0.379 e. The maximum atomic E-state index is 13.3. The van der Waals surface area contributed by atoms with Gasteiger partial charge in [-0.2, -0.15) is 18.4 Å². The fourth-order valence-corrected chi connectivity index (χ4v) is 4.04. The predicted molar refractivity (Wildman–Crippen MR) is 113 cm³/mol. The van der Waals surface area contributed by atoms with E-state index in [4.69, 9.17) is 0 Å². The highest BCUT2D eigenvalue weighted by molar-refractivity contribution is 6.03. The van der Waals surface area contributed by atoms with E-state index in [1.807, 2.05) is 6.08 Å². The lowest BCUT2D eigenvalue weighted by molar-refractivity contribution is -0.137. The number of carbonyl (C=O) groups excluding carboxylic acids is 1. The lowest BCUT2D eigenvalue weighted by Crippen LogP contribution is -2.44. The number of dihydropyridines is 1. The van der Waals surface area contributed by atoms with Gasteiger partial charge in [0, 0.05) is 44.1 Å². The maximum Gasteiger partial charge on any atom is 0.417 e. The summed E-state index contributed by atoms with van der Waals surface area (Å²) in [5, 5.41) is 13.0. The van der Waals surface area contributed by atoms with Crippen LogP contribution in [-0.4, -0.2) is 45.4 Å². The molecule has 1 amide bonds. The molecule has 0 bridgehead atoms. The molecule has 1 fully saturated rings. The van der Waals surface area contributed by atoms with Crippen molar-refractivity contribution in [2.45, 2.75) is 25.4 Å². The summed E-state index contributed by atoms with van der Waals surface area (Å²) in [6, 6.07) is 6.35. The minimum atomic E-state index is -4.45. The first-order chi connectivity index (χ1) is 15.8. The molecule has 2 aromatic rings. The molecule has 4 rings (SSSR count). The average molecular weight is 454 g/mol. The van der Waals surface area contributed by atoms with E-state index in [1.165, 1.54) is 12.4 Å². The Hall–Kier alpha value is -3.74. The lowest BCUT2D eigenvalue weighted by Gasteiger charge is -2.37. The van der Waals surface area contributed by atoms with Crippen molar-refractivity contribution < 1.29 is 18.0 Å². The maximum absolute atomic E-state index is 13.3. The van der Waals surface area contributed by atoms with E-state index in [1.54, 1.807) is 23.2 Å². The van der Waals surface area contributed by atoms with Crippen LogP contribution in [0.15, 0.2) is 54.6 Å². The van der Waals surface area contributed by atoms with Gasteiger partial charge in [0.15, 0.2) is 0 Å². The van der Waals surface area contributed by atoms with Crippen LogP contribution in [0.1, 0.15) is 29.8 Å². The molecule has 2 aliphatic rings. The van der Waals surface area contributed by atoms with Crippen LogP contribution in [-0.2, 0) is 17.4 Å². The zero-order chi connectivity index (χ0) is 23.5. The molecule has 4 heterocycles. The second-order valence-corrected chi connectivity index (χ2v) is 8.06. The summed E-state index contributed by atoms with van der Waals surface area (Å²) in [5.74, 6) is -0.161. The first-order valence-corrected chi connectivity index (χ1v) is 10.5. The summed E-state index contributed by atoms with van der Waals surface area (Å²) in [6.45, 7) is 1.30. The smallest absolute Gasteiger partial charge is 0.379 e. The number of likely N-dealkylation sites (tertiary alicyclic amines) is 1. The van der Waals surface area contributed by atoms with Gasteiger partial charge in [0.1, 0.15) is 6.33 Å². The molecular formula is C23H21F3N6O. The summed E-state index contributed by atoms with van der Waals surface area (Å²) >= 11 is 0. The molecule has 2 aromatic heterocycles. The van der Waals surface area contributed by atoms with Crippen molar-refractivity contribution in [3.05, 3.63) is 71.6 Å². The molecule has 0 radical (unpaired) electrons. The van der Waals surface area contributed by atoms with E-state index in [0.29, 0.717) is 55.1 Å². The molecule has 0 atom stereocenters. The van der Waals surface area contributed by atoms with Crippen molar-refractivity contribution in [1.82, 2.24) is 25.2 Å². The van der Waals surface area contributed by atoms with Gasteiger partial charge in [0.2, 0.25) is 0 Å². The molecule has 0 aromatic carbocycles. The van der Waals surface area contributed by atoms with Crippen LogP contribution in [0.2, 0.25) is 0 Å². The molecule has 170 valence electrons. The van der Waals surface area contributed by atoms with Crippen molar-refractivity contribution in [1.29, 1.82) is 5.26 Å². The minimum absolute atomic E-state index is 0.161. The summed E-state index contributed by atoms with van der Waals surface area (Å²) < 4.78 is 38.3. The number of nitriles is 1. The van der Waals surface area contributed by atoms with E-state index in [9.17, 15) is 23.2 Å². The normalized spacial score (nSPS) is 17.9. The van der Waals surface area contributed by atoms with Gasteiger partial charge in [-0.1, -0.05) is 6.08 Å². The first-order valence-electron chi connectivity index (χ1n) is 10.5. The summed E-state index contributed by atoms with van der Waals surface area (Å²) in [5.41, 5.74) is 0.574. The van der Waals surface area contributed by atoms with Gasteiger partial charge in [-0.15, -0.1) is 0 Å². The third-order valence-corrected chi connectivity index (χ3v) is 5.94. The van der Waals surface area contributed by atoms with Crippen LogP contribution in [0, 0.1) is 16.7 Å². The molecule has 10 heteroatoms. The number of halogens is 3. The van der Waals surface area contributed by atoms with E-state index < -0.39 is 17.2 Å². The monoisotopic (exact) mass is 454 g/mol. The average Bonchev–Trinajstić information content (AvgIpc) is 2.84. The molecule has 1 saturated heterocycles. The Morgan fingerprint density at radius 2 is 2.00 bits per heavy atom. The van der Waals surface area contributed by atoms with Gasteiger partial charge in [0.05, 0.1) is 34.0 Å². The zero-order valence-electron chi connectivity index (χ0n) is 17.6. The van der Waals surface area contributed by atoms with Crippen molar-refractivity contribution in [3.63, 3.8) is 0 Å².